The number of aliphatic hydroxyl groups is 1. The molecule has 0 aromatic heterocycles. The third-order valence-corrected chi connectivity index (χ3v) is 8.58. The van der Waals surface area contributed by atoms with E-state index in [0.29, 0.717) is 18.7 Å². The number of methoxy groups -OCH3 is 1. The van der Waals surface area contributed by atoms with Crippen LogP contribution in [0.2, 0.25) is 0 Å². The summed E-state index contributed by atoms with van der Waals surface area (Å²) in [5.74, 6) is -0.0987. The highest BCUT2D eigenvalue weighted by atomic mass is 32.2. The van der Waals surface area contributed by atoms with Crippen molar-refractivity contribution in [3.05, 3.63) is 78.1 Å². The lowest BCUT2D eigenvalue weighted by Gasteiger charge is -2.39. The number of halogens is 1. The monoisotopic (exact) mass is 468 g/mol. The Balaban J connectivity index is 1.62. The molecule has 3 atom stereocenters. The van der Waals surface area contributed by atoms with Crippen LogP contribution in [0.25, 0.3) is 11.1 Å². The normalized spacial score (nSPS) is 22.3. The highest BCUT2D eigenvalue weighted by Crippen LogP contribution is 2.49. The molecule has 2 heterocycles. The number of hydrogen-bond acceptors (Lipinski definition) is 5. The second-order valence-corrected chi connectivity index (χ2v) is 10.3. The van der Waals surface area contributed by atoms with Gasteiger partial charge in [-0.25, -0.2) is 12.8 Å². The number of rotatable bonds is 5. The summed E-state index contributed by atoms with van der Waals surface area (Å²) in [6.07, 6.45) is 0.623. The summed E-state index contributed by atoms with van der Waals surface area (Å²) < 4.78 is 47.9. The Morgan fingerprint density at radius 3 is 2.55 bits per heavy atom. The third-order valence-electron chi connectivity index (χ3n) is 6.66. The van der Waals surface area contributed by atoms with Gasteiger partial charge < -0.3 is 15.2 Å². The van der Waals surface area contributed by atoms with Crippen molar-refractivity contribution in [3.8, 4) is 16.9 Å². The summed E-state index contributed by atoms with van der Waals surface area (Å²) in [5.41, 5.74) is 3.36. The van der Waals surface area contributed by atoms with E-state index in [1.165, 1.54) is 23.5 Å². The van der Waals surface area contributed by atoms with Crippen molar-refractivity contribution in [2.45, 2.75) is 23.4 Å². The van der Waals surface area contributed by atoms with Crippen molar-refractivity contribution in [2.24, 2.45) is 5.92 Å². The van der Waals surface area contributed by atoms with Gasteiger partial charge >= 0.3 is 0 Å². The summed E-state index contributed by atoms with van der Waals surface area (Å²) >= 11 is 0. The summed E-state index contributed by atoms with van der Waals surface area (Å²) in [6, 6.07) is 17.9. The Hall–Kier alpha value is -2.94. The van der Waals surface area contributed by atoms with Crippen LogP contribution >= 0.6 is 0 Å². The van der Waals surface area contributed by atoms with E-state index in [-0.39, 0.29) is 29.3 Å². The summed E-state index contributed by atoms with van der Waals surface area (Å²) in [6.45, 7) is 0.247. The summed E-state index contributed by atoms with van der Waals surface area (Å²) in [7, 11) is -2.40. The molecule has 0 radical (unpaired) electrons. The van der Waals surface area contributed by atoms with E-state index < -0.39 is 16.1 Å². The first kappa shape index (κ1) is 21.9. The molecule has 0 bridgehead atoms. The summed E-state index contributed by atoms with van der Waals surface area (Å²) in [4.78, 5) is 0.128. The molecule has 0 spiro atoms. The van der Waals surface area contributed by atoms with E-state index in [2.05, 4.69) is 5.32 Å². The standard InChI is InChI=1S/C25H25FN2O4S/c1-32-23-4-2-3-5-24(23)33(30,31)28-13-12-19-22(15-29)27-21-11-8-17(14-20(21)25(19)28)16-6-9-18(26)10-7-16/h2-11,14,19,22,25,27,29H,12-13,15H2,1H3/t19-,22-,25-/m0/s1. The van der Waals surface area contributed by atoms with E-state index in [0.717, 1.165) is 22.4 Å². The Kier molecular flexibility index (Phi) is 5.60. The van der Waals surface area contributed by atoms with Gasteiger partial charge in [0.1, 0.15) is 16.5 Å². The van der Waals surface area contributed by atoms with E-state index >= 15 is 0 Å². The lowest BCUT2D eigenvalue weighted by molar-refractivity contribution is 0.210. The molecule has 5 rings (SSSR count). The van der Waals surface area contributed by atoms with Gasteiger partial charge in [-0.1, -0.05) is 30.3 Å². The number of sulfonamides is 1. The van der Waals surface area contributed by atoms with Crippen LogP contribution in [0.15, 0.2) is 71.6 Å². The van der Waals surface area contributed by atoms with Crippen molar-refractivity contribution in [3.63, 3.8) is 0 Å². The topological polar surface area (TPSA) is 78.9 Å². The number of ether oxygens (including phenoxy) is 1. The lowest BCUT2D eigenvalue weighted by Crippen LogP contribution is -2.42. The number of aliphatic hydroxyl groups excluding tert-OH is 1. The number of benzene rings is 3. The van der Waals surface area contributed by atoms with Gasteiger partial charge in [0, 0.05) is 18.2 Å². The van der Waals surface area contributed by atoms with Crippen LogP contribution in [0.1, 0.15) is 18.0 Å². The molecule has 6 nitrogen and oxygen atoms in total. The van der Waals surface area contributed by atoms with E-state index in [9.17, 15) is 17.9 Å². The van der Waals surface area contributed by atoms with Crippen LogP contribution in [0.3, 0.4) is 0 Å². The minimum atomic E-state index is -3.86. The molecule has 0 saturated carbocycles. The molecule has 0 aliphatic carbocycles. The molecule has 172 valence electrons. The van der Waals surface area contributed by atoms with Crippen LogP contribution in [0.5, 0.6) is 5.75 Å². The van der Waals surface area contributed by atoms with Crippen LogP contribution in [0.4, 0.5) is 10.1 Å². The fourth-order valence-corrected chi connectivity index (χ4v) is 6.89. The lowest BCUT2D eigenvalue weighted by atomic mass is 9.82. The van der Waals surface area contributed by atoms with Crippen molar-refractivity contribution in [2.75, 3.05) is 25.6 Å². The zero-order valence-electron chi connectivity index (χ0n) is 18.1. The zero-order valence-corrected chi connectivity index (χ0v) is 18.9. The molecule has 2 aliphatic heterocycles. The number of anilines is 1. The van der Waals surface area contributed by atoms with E-state index in [1.54, 1.807) is 36.4 Å². The SMILES string of the molecule is COc1ccccc1S(=O)(=O)N1CC[C@H]2[C@H](CO)Nc3ccc(-c4ccc(F)cc4)cc3[C@H]21. The maximum atomic E-state index is 13.8. The van der Waals surface area contributed by atoms with Gasteiger partial charge in [-0.3, -0.25) is 0 Å². The second kappa shape index (κ2) is 8.44. The molecule has 0 unspecified atom stereocenters. The van der Waals surface area contributed by atoms with Gasteiger partial charge in [0.05, 0.1) is 25.8 Å². The fourth-order valence-electron chi connectivity index (χ4n) is 5.07. The van der Waals surface area contributed by atoms with Crippen molar-refractivity contribution >= 4 is 15.7 Å². The maximum absolute atomic E-state index is 13.8. The van der Waals surface area contributed by atoms with Gasteiger partial charge in [-0.15, -0.1) is 0 Å². The van der Waals surface area contributed by atoms with E-state index in [1.807, 2.05) is 18.2 Å². The number of nitrogens with zero attached hydrogens (tertiary/aromatic N) is 1. The molecule has 3 aromatic rings. The van der Waals surface area contributed by atoms with Gasteiger partial charge in [-0.2, -0.15) is 4.31 Å². The van der Waals surface area contributed by atoms with Crippen molar-refractivity contribution in [1.82, 2.24) is 4.31 Å². The third kappa shape index (κ3) is 3.68. The quantitative estimate of drug-likeness (QED) is 0.591. The smallest absolute Gasteiger partial charge is 0.247 e. The molecule has 1 fully saturated rings. The van der Waals surface area contributed by atoms with Gasteiger partial charge in [0.2, 0.25) is 10.0 Å². The number of nitrogens with one attached hydrogen (secondary N) is 1. The van der Waals surface area contributed by atoms with Crippen LogP contribution in [-0.2, 0) is 10.0 Å². The Morgan fingerprint density at radius 1 is 1.09 bits per heavy atom. The second-order valence-electron chi connectivity index (χ2n) is 8.41. The molecular weight excluding hydrogens is 443 g/mol. The first-order chi connectivity index (χ1) is 15.9. The Morgan fingerprint density at radius 2 is 1.82 bits per heavy atom. The largest absolute Gasteiger partial charge is 0.495 e. The fraction of sp³-hybridized carbons (Fsp3) is 0.280. The molecule has 2 N–H and O–H groups in total. The number of para-hydroxylation sites is 1. The number of fused-ring (bicyclic) bond motifs is 3. The molecule has 8 heteroatoms. The Bertz CT molecular complexity index is 1280. The van der Waals surface area contributed by atoms with Crippen LogP contribution in [-0.4, -0.2) is 44.1 Å². The predicted molar refractivity (Wildman–Crippen MR) is 124 cm³/mol. The van der Waals surface area contributed by atoms with E-state index in [4.69, 9.17) is 4.74 Å². The molecular formula is C25H25FN2O4S. The van der Waals surface area contributed by atoms with Gasteiger partial charge in [-0.05, 0) is 59.5 Å². The molecule has 33 heavy (non-hydrogen) atoms. The molecule has 0 amide bonds. The first-order valence-electron chi connectivity index (χ1n) is 10.9. The average molecular weight is 469 g/mol. The van der Waals surface area contributed by atoms with Crippen LogP contribution in [0, 0.1) is 11.7 Å². The van der Waals surface area contributed by atoms with Gasteiger partial charge in [0.25, 0.3) is 0 Å². The zero-order chi connectivity index (χ0) is 23.2. The minimum absolute atomic E-state index is 0.0875. The minimum Gasteiger partial charge on any atom is -0.495 e. The van der Waals surface area contributed by atoms with Crippen molar-refractivity contribution in [1.29, 1.82) is 0 Å². The highest BCUT2D eigenvalue weighted by molar-refractivity contribution is 7.89. The predicted octanol–water partition coefficient (Wildman–Crippen LogP) is 4.04. The van der Waals surface area contributed by atoms with Gasteiger partial charge in [0.15, 0.2) is 0 Å². The highest BCUT2D eigenvalue weighted by Gasteiger charge is 2.49. The Labute approximate surface area is 192 Å². The molecule has 3 aromatic carbocycles. The first-order valence-corrected chi connectivity index (χ1v) is 12.3. The average Bonchev–Trinajstić information content (AvgIpc) is 3.30. The van der Waals surface area contributed by atoms with Crippen molar-refractivity contribution < 1.29 is 22.7 Å². The molecule has 2 aliphatic rings. The number of hydrogen-bond donors (Lipinski definition) is 2. The molecule has 1 saturated heterocycles. The maximum Gasteiger partial charge on any atom is 0.247 e. The summed E-state index contributed by atoms with van der Waals surface area (Å²) in [5, 5.41) is 13.4. The van der Waals surface area contributed by atoms with Crippen LogP contribution < -0.4 is 10.1 Å².